The molecule has 0 amide bonds. The van der Waals surface area contributed by atoms with Gasteiger partial charge in [0.15, 0.2) is 0 Å². The first-order valence-electron chi connectivity index (χ1n) is 7.79. The maximum atomic E-state index is 10.3. The maximum absolute atomic E-state index is 10.3. The number of rotatable bonds is 5. The minimum atomic E-state index is -0.248. The summed E-state index contributed by atoms with van der Waals surface area (Å²) in [4.78, 5) is 2.35. The maximum Gasteiger partial charge on any atom is 0.119 e. The second-order valence-corrected chi connectivity index (χ2v) is 6.04. The molecule has 1 aromatic carbocycles. The van der Waals surface area contributed by atoms with Crippen LogP contribution in [-0.4, -0.2) is 50.3 Å². The van der Waals surface area contributed by atoms with E-state index in [1.54, 1.807) is 0 Å². The third-order valence-electron chi connectivity index (χ3n) is 4.79. The zero-order valence-corrected chi connectivity index (χ0v) is 12.2. The van der Waals surface area contributed by atoms with Crippen LogP contribution >= 0.6 is 0 Å². The molecular formula is C17H25BN2O2. The van der Waals surface area contributed by atoms with Crippen molar-refractivity contribution in [2.75, 3.05) is 19.7 Å². The molecule has 3 fully saturated rings. The van der Waals surface area contributed by atoms with Crippen molar-refractivity contribution in [1.82, 2.24) is 4.90 Å². The fourth-order valence-corrected chi connectivity index (χ4v) is 3.46. The fraction of sp³-hybridized carbons (Fsp3) is 0.588. The lowest BCUT2D eigenvalue weighted by Crippen LogP contribution is -2.59. The molecule has 118 valence electrons. The van der Waals surface area contributed by atoms with Crippen LogP contribution in [0.4, 0.5) is 0 Å². The molecular weight excluding hydrogens is 275 g/mol. The largest absolute Gasteiger partial charge is 0.492 e. The van der Waals surface area contributed by atoms with Crippen LogP contribution in [0.25, 0.3) is 0 Å². The molecule has 3 heterocycles. The summed E-state index contributed by atoms with van der Waals surface area (Å²) in [5, 5.41) is 18.9. The first-order chi connectivity index (χ1) is 10.3. The molecule has 2 atom stereocenters. The Kier molecular flexibility index (Phi) is 5.87. The Morgan fingerprint density at radius 3 is 2.50 bits per heavy atom. The van der Waals surface area contributed by atoms with E-state index in [4.69, 9.17) is 10.00 Å². The summed E-state index contributed by atoms with van der Waals surface area (Å²) in [7, 11) is 0. The number of benzene rings is 1. The summed E-state index contributed by atoms with van der Waals surface area (Å²) in [5.41, 5.74) is 1.16. The van der Waals surface area contributed by atoms with Crippen molar-refractivity contribution in [1.29, 1.82) is 5.26 Å². The van der Waals surface area contributed by atoms with Crippen LogP contribution in [0, 0.1) is 17.2 Å². The van der Waals surface area contributed by atoms with Crippen LogP contribution in [-0.2, 0) is 6.42 Å². The lowest BCUT2D eigenvalue weighted by molar-refractivity contribution is -0.0849. The molecule has 2 bridgehead atoms. The standard InChI is InChI=1S/C17H22N2O2.BH3/c18-9-1-2-13-3-5-15(6-4-13)21-12-16-17(20)14-7-10-19(16)11-8-14;/h3-6,14,16-17,20H,1-2,7-8,10-12H2;1H3. The predicted molar refractivity (Wildman–Crippen MR) is 89.9 cm³/mol. The molecule has 4 rings (SSSR count). The molecule has 3 saturated heterocycles. The van der Waals surface area contributed by atoms with E-state index >= 15 is 0 Å². The van der Waals surface area contributed by atoms with Gasteiger partial charge in [-0.2, -0.15) is 5.26 Å². The van der Waals surface area contributed by atoms with Crippen molar-refractivity contribution in [3.63, 3.8) is 0 Å². The van der Waals surface area contributed by atoms with Gasteiger partial charge in [-0.1, -0.05) is 12.1 Å². The van der Waals surface area contributed by atoms with E-state index in [-0.39, 0.29) is 20.6 Å². The molecule has 22 heavy (non-hydrogen) atoms. The molecule has 0 aliphatic carbocycles. The average Bonchev–Trinajstić information content (AvgIpc) is 2.54. The number of ether oxygens (including phenoxy) is 1. The SMILES string of the molecule is B.N#CCCc1ccc(OCC2C(O)C3CCN2CC3)cc1. The Morgan fingerprint density at radius 1 is 1.23 bits per heavy atom. The van der Waals surface area contributed by atoms with Crippen molar-refractivity contribution in [3.8, 4) is 11.8 Å². The van der Waals surface area contributed by atoms with Crippen molar-refractivity contribution < 1.29 is 9.84 Å². The Labute approximate surface area is 134 Å². The van der Waals surface area contributed by atoms with Crippen LogP contribution in [0.5, 0.6) is 5.75 Å². The first kappa shape index (κ1) is 16.9. The van der Waals surface area contributed by atoms with Gasteiger partial charge in [0.1, 0.15) is 12.4 Å². The predicted octanol–water partition coefficient (Wildman–Crippen LogP) is 0.793. The van der Waals surface area contributed by atoms with Crippen LogP contribution in [0.3, 0.4) is 0 Å². The van der Waals surface area contributed by atoms with Gasteiger partial charge in [-0.05, 0) is 56.0 Å². The highest BCUT2D eigenvalue weighted by Gasteiger charge is 2.41. The number of hydrogen-bond donors (Lipinski definition) is 1. The number of aryl methyl sites for hydroxylation is 1. The highest BCUT2D eigenvalue weighted by atomic mass is 16.5. The molecule has 3 aliphatic rings. The zero-order chi connectivity index (χ0) is 14.7. The Morgan fingerprint density at radius 2 is 1.91 bits per heavy atom. The molecule has 2 unspecified atom stereocenters. The van der Waals surface area contributed by atoms with Crippen molar-refractivity contribution in [3.05, 3.63) is 29.8 Å². The molecule has 0 radical (unpaired) electrons. The van der Waals surface area contributed by atoms with Gasteiger partial charge in [-0.3, -0.25) is 4.90 Å². The number of nitrogens with zero attached hydrogens (tertiary/aromatic N) is 2. The van der Waals surface area contributed by atoms with Crippen LogP contribution in [0.2, 0.25) is 0 Å². The van der Waals surface area contributed by atoms with E-state index in [1.165, 1.54) is 0 Å². The number of fused-ring (bicyclic) bond motifs is 3. The average molecular weight is 300 g/mol. The second kappa shape index (κ2) is 7.67. The fourth-order valence-electron chi connectivity index (χ4n) is 3.46. The van der Waals surface area contributed by atoms with E-state index in [9.17, 15) is 5.11 Å². The van der Waals surface area contributed by atoms with E-state index in [1.807, 2.05) is 24.3 Å². The number of hydrogen-bond acceptors (Lipinski definition) is 4. The van der Waals surface area contributed by atoms with Crippen LogP contribution in [0.15, 0.2) is 24.3 Å². The quantitative estimate of drug-likeness (QED) is 0.817. The molecule has 0 saturated carbocycles. The smallest absolute Gasteiger partial charge is 0.119 e. The minimum Gasteiger partial charge on any atom is -0.492 e. The molecule has 5 heteroatoms. The summed E-state index contributed by atoms with van der Waals surface area (Å²) >= 11 is 0. The lowest BCUT2D eigenvalue weighted by atomic mass is 9.81. The lowest BCUT2D eigenvalue weighted by Gasteiger charge is -2.48. The molecule has 1 aromatic rings. The van der Waals surface area contributed by atoms with E-state index in [0.29, 0.717) is 18.9 Å². The number of piperidine rings is 3. The van der Waals surface area contributed by atoms with Crippen molar-refractivity contribution in [2.45, 2.75) is 37.8 Å². The molecule has 0 spiro atoms. The molecule has 3 aliphatic heterocycles. The first-order valence-corrected chi connectivity index (χ1v) is 7.79. The number of nitriles is 1. The molecule has 1 N–H and O–H groups in total. The van der Waals surface area contributed by atoms with Gasteiger partial charge in [0.05, 0.1) is 26.6 Å². The highest BCUT2D eigenvalue weighted by Crippen LogP contribution is 2.32. The Hall–Kier alpha value is -1.51. The van der Waals surface area contributed by atoms with Crippen LogP contribution in [0.1, 0.15) is 24.8 Å². The summed E-state index contributed by atoms with van der Waals surface area (Å²) in [6.07, 6.45) is 3.32. The topological polar surface area (TPSA) is 56.5 Å². The van der Waals surface area contributed by atoms with E-state index < -0.39 is 0 Å². The monoisotopic (exact) mass is 300 g/mol. The van der Waals surface area contributed by atoms with Gasteiger partial charge in [0, 0.05) is 6.42 Å². The third kappa shape index (κ3) is 3.63. The van der Waals surface area contributed by atoms with Crippen LogP contribution < -0.4 is 4.74 Å². The summed E-state index contributed by atoms with van der Waals surface area (Å²) < 4.78 is 5.86. The summed E-state index contributed by atoms with van der Waals surface area (Å²) in [6.45, 7) is 2.72. The van der Waals surface area contributed by atoms with Gasteiger partial charge in [0.25, 0.3) is 0 Å². The Balaban J connectivity index is 0.00000176. The van der Waals surface area contributed by atoms with E-state index in [2.05, 4.69) is 11.0 Å². The third-order valence-corrected chi connectivity index (χ3v) is 4.79. The minimum absolute atomic E-state index is 0. The zero-order valence-electron chi connectivity index (χ0n) is 12.2. The van der Waals surface area contributed by atoms with Crippen molar-refractivity contribution >= 4 is 8.41 Å². The highest BCUT2D eigenvalue weighted by molar-refractivity contribution is 5.75. The Bertz CT molecular complexity index is 504. The van der Waals surface area contributed by atoms with Gasteiger partial charge >= 0.3 is 0 Å². The summed E-state index contributed by atoms with van der Waals surface area (Å²) in [5.74, 6) is 1.29. The molecule has 0 aromatic heterocycles. The van der Waals surface area contributed by atoms with E-state index in [0.717, 1.165) is 43.7 Å². The van der Waals surface area contributed by atoms with Gasteiger partial charge in [-0.25, -0.2) is 0 Å². The normalized spacial score (nSPS) is 29.5. The van der Waals surface area contributed by atoms with Gasteiger partial charge in [0.2, 0.25) is 0 Å². The van der Waals surface area contributed by atoms with Gasteiger partial charge < -0.3 is 9.84 Å². The van der Waals surface area contributed by atoms with Gasteiger partial charge in [-0.15, -0.1) is 0 Å². The summed E-state index contributed by atoms with van der Waals surface area (Å²) in [6, 6.07) is 10.2. The second-order valence-electron chi connectivity index (χ2n) is 6.04. The van der Waals surface area contributed by atoms with Crippen molar-refractivity contribution in [2.24, 2.45) is 5.92 Å². The molecule has 4 nitrogen and oxygen atoms in total. The number of aliphatic hydroxyl groups excluding tert-OH is 1. The number of aliphatic hydroxyl groups is 1.